The van der Waals surface area contributed by atoms with E-state index in [1.807, 2.05) is 18.2 Å². The van der Waals surface area contributed by atoms with Crippen molar-refractivity contribution in [2.75, 3.05) is 5.73 Å². The zero-order chi connectivity index (χ0) is 15.0. The van der Waals surface area contributed by atoms with Gasteiger partial charge in [0, 0.05) is 12.2 Å². The van der Waals surface area contributed by atoms with E-state index in [1.54, 1.807) is 0 Å². The molecule has 3 aromatic rings. The van der Waals surface area contributed by atoms with E-state index >= 15 is 0 Å². The molecule has 0 radical (unpaired) electrons. The lowest BCUT2D eigenvalue weighted by Gasteiger charge is -2.11. The van der Waals surface area contributed by atoms with Crippen LogP contribution >= 0.6 is 11.6 Å². The molecule has 3 rings (SSSR count). The summed E-state index contributed by atoms with van der Waals surface area (Å²) in [5, 5.41) is 0.638. The van der Waals surface area contributed by atoms with E-state index in [1.165, 1.54) is 5.56 Å². The van der Waals surface area contributed by atoms with Gasteiger partial charge in [0.25, 0.3) is 0 Å². The van der Waals surface area contributed by atoms with Crippen molar-refractivity contribution in [1.82, 2.24) is 9.55 Å². The first-order chi connectivity index (χ1) is 10.1. The molecule has 2 aromatic carbocycles. The summed E-state index contributed by atoms with van der Waals surface area (Å²) in [4.78, 5) is 4.78. The van der Waals surface area contributed by atoms with E-state index in [4.69, 9.17) is 22.3 Å². The molecule has 3 nitrogen and oxygen atoms in total. The number of aromatic nitrogens is 2. The lowest BCUT2D eigenvalue weighted by atomic mass is 10.1. The van der Waals surface area contributed by atoms with E-state index in [-0.39, 0.29) is 0 Å². The molecule has 0 unspecified atom stereocenters. The maximum absolute atomic E-state index is 6.36. The Morgan fingerprint density at radius 2 is 2.05 bits per heavy atom. The van der Waals surface area contributed by atoms with Crippen molar-refractivity contribution >= 4 is 28.3 Å². The number of hydrogen-bond donors (Lipinski definition) is 1. The average molecular weight is 300 g/mol. The molecule has 0 spiro atoms. The van der Waals surface area contributed by atoms with Gasteiger partial charge in [-0.1, -0.05) is 30.7 Å². The highest BCUT2D eigenvalue weighted by Crippen LogP contribution is 2.34. The Labute approximate surface area is 129 Å². The van der Waals surface area contributed by atoms with Crippen molar-refractivity contribution in [2.45, 2.75) is 26.8 Å². The molecule has 2 N–H and O–H groups in total. The smallest absolute Gasteiger partial charge is 0.144 e. The van der Waals surface area contributed by atoms with E-state index in [0.717, 1.165) is 35.4 Å². The van der Waals surface area contributed by atoms with Crippen LogP contribution in [0.2, 0.25) is 5.02 Å². The van der Waals surface area contributed by atoms with Crippen LogP contribution in [-0.2, 0) is 6.54 Å². The number of fused-ring (bicyclic) bond motifs is 1. The van der Waals surface area contributed by atoms with Gasteiger partial charge in [0.2, 0.25) is 0 Å². The zero-order valence-electron chi connectivity index (χ0n) is 12.2. The molecule has 0 fully saturated rings. The molecule has 0 amide bonds. The fourth-order valence-electron chi connectivity index (χ4n) is 2.66. The summed E-state index contributed by atoms with van der Waals surface area (Å²) in [6, 6.07) is 11.9. The Kier molecular flexibility index (Phi) is 3.60. The van der Waals surface area contributed by atoms with Crippen LogP contribution in [0, 0.1) is 6.92 Å². The van der Waals surface area contributed by atoms with Crippen LogP contribution in [0.4, 0.5) is 5.69 Å². The fraction of sp³-hybridized carbons (Fsp3) is 0.235. The molecule has 0 aliphatic rings. The first-order valence-corrected chi connectivity index (χ1v) is 7.51. The number of halogens is 1. The average Bonchev–Trinajstić information content (AvgIpc) is 2.77. The molecule has 0 saturated carbocycles. The monoisotopic (exact) mass is 299 g/mol. The van der Waals surface area contributed by atoms with Crippen molar-refractivity contribution in [2.24, 2.45) is 0 Å². The summed E-state index contributed by atoms with van der Waals surface area (Å²) in [6.45, 7) is 5.11. The van der Waals surface area contributed by atoms with Crippen LogP contribution in [0.5, 0.6) is 0 Å². The number of nitrogens with two attached hydrogens (primary N) is 1. The number of rotatable bonds is 3. The maximum atomic E-state index is 6.36. The molecule has 0 aliphatic heterocycles. The second kappa shape index (κ2) is 5.41. The minimum absolute atomic E-state index is 0.638. The second-order valence-corrected chi connectivity index (χ2v) is 5.69. The standard InChI is InChI=1S/C17H18ClN3/c1-3-9-21-15-8-7-11(2)10-14(15)20-17(21)16-12(18)5-4-6-13(16)19/h4-8,10H,3,9,19H2,1-2H3. The van der Waals surface area contributed by atoms with E-state index < -0.39 is 0 Å². The van der Waals surface area contributed by atoms with E-state index in [2.05, 4.69) is 36.6 Å². The summed E-state index contributed by atoms with van der Waals surface area (Å²) in [6.07, 6.45) is 1.02. The molecule has 1 aromatic heterocycles. The third kappa shape index (κ3) is 2.38. The van der Waals surface area contributed by atoms with Gasteiger partial charge >= 0.3 is 0 Å². The highest BCUT2D eigenvalue weighted by molar-refractivity contribution is 6.33. The Morgan fingerprint density at radius 3 is 2.76 bits per heavy atom. The predicted molar refractivity (Wildman–Crippen MR) is 89.6 cm³/mol. The van der Waals surface area contributed by atoms with E-state index in [9.17, 15) is 0 Å². The highest BCUT2D eigenvalue weighted by Gasteiger charge is 2.17. The van der Waals surface area contributed by atoms with Gasteiger partial charge in [0.15, 0.2) is 0 Å². The maximum Gasteiger partial charge on any atom is 0.144 e. The first-order valence-electron chi connectivity index (χ1n) is 7.13. The summed E-state index contributed by atoms with van der Waals surface area (Å²) in [5.74, 6) is 0.848. The van der Waals surface area contributed by atoms with Crippen LogP contribution in [0.1, 0.15) is 18.9 Å². The van der Waals surface area contributed by atoms with Crippen LogP contribution in [0.25, 0.3) is 22.4 Å². The predicted octanol–water partition coefficient (Wildman–Crippen LogP) is 4.66. The molecule has 1 heterocycles. The summed E-state index contributed by atoms with van der Waals surface area (Å²) < 4.78 is 2.20. The molecular formula is C17H18ClN3. The Hall–Kier alpha value is -2.00. The lowest BCUT2D eigenvalue weighted by Crippen LogP contribution is -2.02. The number of benzene rings is 2. The van der Waals surface area contributed by atoms with Crippen LogP contribution in [-0.4, -0.2) is 9.55 Å². The zero-order valence-corrected chi connectivity index (χ0v) is 13.0. The van der Waals surface area contributed by atoms with Gasteiger partial charge in [-0.25, -0.2) is 4.98 Å². The molecule has 21 heavy (non-hydrogen) atoms. The normalized spacial score (nSPS) is 11.2. The lowest BCUT2D eigenvalue weighted by molar-refractivity contribution is 0.704. The van der Waals surface area contributed by atoms with Crippen molar-refractivity contribution < 1.29 is 0 Å². The number of imidazole rings is 1. The molecule has 0 aliphatic carbocycles. The van der Waals surface area contributed by atoms with Gasteiger partial charge in [-0.3, -0.25) is 0 Å². The SMILES string of the molecule is CCCn1c(-c2c(N)cccc2Cl)nc2cc(C)ccc21. The van der Waals surface area contributed by atoms with Gasteiger partial charge in [-0.15, -0.1) is 0 Å². The second-order valence-electron chi connectivity index (χ2n) is 5.28. The largest absolute Gasteiger partial charge is 0.398 e. The number of anilines is 1. The minimum atomic E-state index is 0.638. The topological polar surface area (TPSA) is 43.8 Å². The number of nitrogen functional groups attached to an aromatic ring is 1. The van der Waals surface area contributed by atoms with Gasteiger partial charge in [0.1, 0.15) is 5.82 Å². The third-order valence-electron chi connectivity index (χ3n) is 3.62. The summed E-state index contributed by atoms with van der Waals surface area (Å²) >= 11 is 6.36. The molecular weight excluding hydrogens is 282 g/mol. The fourth-order valence-corrected chi connectivity index (χ4v) is 2.92. The van der Waals surface area contributed by atoms with Gasteiger partial charge < -0.3 is 10.3 Å². The van der Waals surface area contributed by atoms with E-state index in [0.29, 0.717) is 10.7 Å². The highest BCUT2D eigenvalue weighted by atomic mass is 35.5. The van der Waals surface area contributed by atoms with Crippen LogP contribution in [0.15, 0.2) is 36.4 Å². The molecule has 0 saturated heterocycles. The minimum Gasteiger partial charge on any atom is -0.398 e. The molecule has 0 bridgehead atoms. The Morgan fingerprint density at radius 1 is 1.24 bits per heavy atom. The summed E-state index contributed by atoms with van der Waals surface area (Å²) in [7, 11) is 0. The van der Waals surface area contributed by atoms with Crippen molar-refractivity contribution in [3.63, 3.8) is 0 Å². The van der Waals surface area contributed by atoms with Gasteiger partial charge in [-0.2, -0.15) is 0 Å². The van der Waals surface area contributed by atoms with Gasteiger partial charge in [0.05, 0.1) is 21.6 Å². The summed E-state index contributed by atoms with van der Waals surface area (Å²) in [5.41, 5.74) is 10.9. The van der Waals surface area contributed by atoms with Crippen LogP contribution < -0.4 is 5.73 Å². The van der Waals surface area contributed by atoms with Gasteiger partial charge in [-0.05, 0) is 43.2 Å². The number of aryl methyl sites for hydroxylation is 2. The molecule has 4 heteroatoms. The van der Waals surface area contributed by atoms with Crippen molar-refractivity contribution in [3.8, 4) is 11.4 Å². The Bertz CT molecular complexity index is 785. The number of hydrogen-bond acceptors (Lipinski definition) is 2. The number of nitrogens with zero attached hydrogens (tertiary/aromatic N) is 2. The molecule has 0 atom stereocenters. The quantitative estimate of drug-likeness (QED) is 0.715. The van der Waals surface area contributed by atoms with Crippen molar-refractivity contribution in [3.05, 3.63) is 47.0 Å². The first kappa shape index (κ1) is 14.0. The van der Waals surface area contributed by atoms with Crippen LogP contribution in [0.3, 0.4) is 0 Å². The van der Waals surface area contributed by atoms with Crippen molar-refractivity contribution in [1.29, 1.82) is 0 Å². The molecule has 108 valence electrons. The third-order valence-corrected chi connectivity index (χ3v) is 3.94. The Balaban J connectivity index is 2.33.